The summed E-state index contributed by atoms with van der Waals surface area (Å²) in [4.78, 5) is 0. The third kappa shape index (κ3) is 1.19. The summed E-state index contributed by atoms with van der Waals surface area (Å²) in [5, 5.41) is 7.23. The molecule has 0 atom stereocenters. The van der Waals surface area contributed by atoms with Crippen molar-refractivity contribution in [1.82, 2.24) is 4.31 Å². The van der Waals surface area contributed by atoms with Crippen molar-refractivity contribution in [1.29, 1.82) is 0 Å². The van der Waals surface area contributed by atoms with Crippen LogP contribution in [0.15, 0.2) is 22.6 Å². The highest BCUT2D eigenvalue weighted by Crippen LogP contribution is 1.99. The summed E-state index contributed by atoms with van der Waals surface area (Å²) >= 11 is 3.95. The fourth-order valence-corrected chi connectivity index (χ4v) is 0.419. The zero-order chi connectivity index (χ0) is 5.11. The maximum absolute atomic E-state index is 3.95. The molecule has 0 aromatic carbocycles. The van der Waals surface area contributed by atoms with Crippen LogP contribution in [0.3, 0.4) is 0 Å². The second-order valence-electron chi connectivity index (χ2n) is 1.14. The molecule has 0 N–H and O–H groups in total. The number of rotatable bonds is 0. The first kappa shape index (κ1) is 4.64. The van der Waals surface area contributed by atoms with E-state index in [4.69, 9.17) is 0 Å². The first-order valence-electron chi connectivity index (χ1n) is 1.88. The van der Waals surface area contributed by atoms with E-state index in [1.165, 1.54) is 0 Å². The monoisotopic (exact) mass is 115 g/mol. The van der Waals surface area contributed by atoms with Gasteiger partial charge in [0.2, 0.25) is 0 Å². The Morgan fingerprint density at radius 3 is 2.86 bits per heavy atom. The lowest BCUT2D eigenvalue weighted by atomic mass is 10.8. The molecule has 0 radical (unpaired) electrons. The van der Waals surface area contributed by atoms with Crippen LogP contribution in [0.5, 0.6) is 0 Å². The van der Waals surface area contributed by atoms with Gasteiger partial charge in [-0.15, -0.1) is 0 Å². The van der Waals surface area contributed by atoms with E-state index in [0.717, 1.165) is 0 Å². The summed E-state index contributed by atoms with van der Waals surface area (Å²) < 4.78 is 1.65. The second-order valence-corrected chi connectivity index (χ2v) is 1.65. The van der Waals surface area contributed by atoms with E-state index < -0.39 is 0 Å². The molecule has 1 aliphatic heterocycles. The van der Waals surface area contributed by atoms with Crippen LogP contribution in [0.25, 0.3) is 0 Å². The van der Waals surface area contributed by atoms with Gasteiger partial charge < -0.3 is 4.31 Å². The van der Waals surface area contributed by atoms with Gasteiger partial charge in [-0.3, -0.25) is 0 Å². The van der Waals surface area contributed by atoms with Crippen LogP contribution in [0.2, 0.25) is 0 Å². The van der Waals surface area contributed by atoms with Crippen LogP contribution >= 0.6 is 12.8 Å². The summed E-state index contributed by atoms with van der Waals surface area (Å²) in [5.74, 6) is 0. The highest BCUT2D eigenvalue weighted by molar-refractivity contribution is 7.77. The van der Waals surface area contributed by atoms with E-state index in [-0.39, 0.29) is 0 Å². The highest BCUT2D eigenvalue weighted by atomic mass is 32.1. The van der Waals surface area contributed by atoms with Gasteiger partial charge >= 0.3 is 0 Å². The van der Waals surface area contributed by atoms with Gasteiger partial charge in [-0.05, 0) is 0 Å². The van der Waals surface area contributed by atoms with Gasteiger partial charge in [-0.25, -0.2) is 0 Å². The Labute approximate surface area is 47.3 Å². The smallest absolute Gasteiger partial charge is 0.141 e. The van der Waals surface area contributed by atoms with Crippen LogP contribution in [0, 0.1) is 0 Å². The minimum Gasteiger partial charge on any atom is -0.301 e. The van der Waals surface area contributed by atoms with Crippen molar-refractivity contribution >= 4 is 12.8 Å². The van der Waals surface area contributed by atoms with Crippen LogP contribution in [0.1, 0.15) is 0 Å². The fraction of sp³-hybridized carbons (Fsp3) is 0.333. The van der Waals surface area contributed by atoms with Crippen molar-refractivity contribution in [3.63, 3.8) is 0 Å². The Morgan fingerprint density at radius 1 is 1.71 bits per heavy atom. The molecule has 1 heterocycles. The summed E-state index contributed by atoms with van der Waals surface area (Å²) in [6.07, 6.45) is 3.34. The Morgan fingerprint density at radius 2 is 2.57 bits per heavy atom. The van der Waals surface area contributed by atoms with Crippen molar-refractivity contribution in [2.45, 2.75) is 0 Å². The Kier molecular flexibility index (Phi) is 1.31. The molecular weight excluding hydrogens is 110 g/mol. The van der Waals surface area contributed by atoms with Gasteiger partial charge in [0.1, 0.15) is 6.67 Å². The van der Waals surface area contributed by atoms with Gasteiger partial charge in [0.15, 0.2) is 0 Å². The largest absolute Gasteiger partial charge is 0.301 e. The van der Waals surface area contributed by atoms with E-state index in [1.807, 2.05) is 0 Å². The van der Waals surface area contributed by atoms with Crippen molar-refractivity contribution in [2.24, 2.45) is 10.2 Å². The standard InChI is InChI=1S/C3H5N3S/c7-6-2-1-4-5-3-6/h1-2,7H,3H2. The summed E-state index contributed by atoms with van der Waals surface area (Å²) in [7, 11) is 0. The Bertz CT molecular complexity index is 109. The summed E-state index contributed by atoms with van der Waals surface area (Å²) in [6.45, 7) is 0.555. The number of nitrogens with zero attached hydrogens (tertiary/aromatic N) is 3. The Hall–Kier alpha value is -0.510. The molecule has 0 unspecified atom stereocenters. The first-order chi connectivity index (χ1) is 3.39. The molecule has 0 saturated carbocycles. The Balaban J connectivity index is 2.49. The molecule has 0 fully saturated rings. The van der Waals surface area contributed by atoms with Crippen molar-refractivity contribution in [3.05, 3.63) is 12.4 Å². The fourth-order valence-electron chi connectivity index (χ4n) is 0.302. The molecule has 1 rings (SSSR count). The molecule has 0 aliphatic carbocycles. The number of hydrogen-bond acceptors (Lipinski definition) is 4. The average Bonchev–Trinajstić information content (AvgIpc) is 1.69. The SMILES string of the molecule is SN1C=CN=NC1. The maximum Gasteiger partial charge on any atom is 0.141 e. The minimum atomic E-state index is 0.555. The number of hydrogen-bond donors (Lipinski definition) is 1. The molecule has 7 heavy (non-hydrogen) atoms. The normalized spacial score (nSPS) is 18.1. The molecule has 3 nitrogen and oxygen atoms in total. The van der Waals surface area contributed by atoms with Crippen LogP contribution < -0.4 is 0 Å². The third-order valence-electron chi connectivity index (χ3n) is 0.595. The topological polar surface area (TPSA) is 28.0 Å². The molecule has 1 aliphatic rings. The number of thiol groups is 1. The van der Waals surface area contributed by atoms with E-state index in [1.54, 1.807) is 16.7 Å². The number of azo groups is 1. The molecule has 0 aromatic heterocycles. The molecule has 38 valence electrons. The molecule has 0 saturated heterocycles. The zero-order valence-electron chi connectivity index (χ0n) is 3.65. The van der Waals surface area contributed by atoms with E-state index in [9.17, 15) is 0 Å². The van der Waals surface area contributed by atoms with Gasteiger partial charge in [0.25, 0.3) is 0 Å². The molecule has 0 bridgehead atoms. The predicted molar refractivity (Wildman–Crippen MR) is 29.7 cm³/mol. The van der Waals surface area contributed by atoms with Crippen molar-refractivity contribution < 1.29 is 0 Å². The lowest BCUT2D eigenvalue weighted by Crippen LogP contribution is -2.03. The summed E-state index contributed by atoms with van der Waals surface area (Å²) in [5.41, 5.74) is 0. The predicted octanol–water partition coefficient (Wildman–Crippen LogP) is 1.03. The quantitative estimate of drug-likeness (QED) is 0.469. The molecule has 0 aromatic rings. The van der Waals surface area contributed by atoms with Gasteiger partial charge in [0, 0.05) is 6.20 Å². The maximum atomic E-state index is 3.95. The van der Waals surface area contributed by atoms with Crippen LogP contribution in [-0.4, -0.2) is 11.0 Å². The van der Waals surface area contributed by atoms with Gasteiger partial charge in [-0.1, -0.05) is 12.8 Å². The first-order valence-corrected chi connectivity index (χ1v) is 2.28. The average molecular weight is 115 g/mol. The highest BCUT2D eigenvalue weighted by Gasteiger charge is 1.89. The van der Waals surface area contributed by atoms with E-state index in [2.05, 4.69) is 23.0 Å². The third-order valence-corrected chi connectivity index (χ3v) is 0.855. The minimum absolute atomic E-state index is 0.555. The van der Waals surface area contributed by atoms with Crippen molar-refractivity contribution in [2.75, 3.05) is 6.67 Å². The zero-order valence-corrected chi connectivity index (χ0v) is 4.55. The van der Waals surface area contributed by atoms with Crippen LogP contribution in [-0.2, 0) is 0 Å². The van der Waals surface area contributed by atoms with Gasteiger partial charge in [0.05, 0.1) is 6.20 Å². The van der Waals surface area contributed by atoms with Crippen molar-refractivity contribution in [3.8, 4) is 0 Å². The lowest BCUT2D eigenvalue weighted by molar-refractivity contribution is 0.606. The molecule has 4 heteroatoms. The summed E-state index contributed by atoms with van der Waals surface area (Å²) in [6, 6.07) is 0. The van der Waals surface area contributed by atoms with Gasteiger partial charge in [-0.2, -0.15) is 10.2 Å². The lowest BCUT2D eigenvalue weighted by Gasteiger charge is -2.07. The second kappa shape index (κ2) is 1.97. The van der Waals surface area contributed by atoms with Crippen LogP contribution in [0.4, 0.5) is 0 Å². The van der Waals surface area contributed by atoms with E-state index in [0.29, 0.717) is 6.67 Å². The van der Waals surface area contributed by atoms with E-state index >= 15 is 0 Å². The molecule has 0 spiro atoms. The molecular formula is C3H5N3S. The molecule has 0 amide bonds.